The summed E-state index contributed by atoms with van der Waals surface area (Å²) in [6, 6.07) is 16.5. The first-order valence-electron chi connectivity index (χ1n) is 6.74. The molecular weight excluding hydrogens is 346 g/mol. The van der Waals surface area contributed by atoms with Crippen LogP contribution in [0.5, 0.6) is 5.75 Å². The molecule has 0 fully saturated rings. The molecule has 4 heteroatoms. The van der Waals surface area contributed by atoms with E-state index in [1.165, 1.54) is 5.56 Å². The fourth-order valence-corrected chi connectivity index (χ4v) is 3.76. The Balaban J connectivity index is 1.68. The summed E-state index contributed by atoms with van der Waals surface area (Å²) in [5.41, 5.74) is 3.42. The van der Waals surface area contributed by atoms with Crippen LogP contribution in [0.2, 0.25) is 0 Å². The van der Waals surface area contributed by atoms with Crippen molar-refractivity contribution in [3.8, 4) is 17.0 Å². The molecule has 0 N–H and O–H groups in total. The number of aromatic nitrogens is 1. The lowest BCUT2D eigenvalue weighted by Gasteiger charge is -2.04. The molecule has 2 heterocycles. The highest BCUT2D eigenvalue weighted by Gasteiger charge is 2.27. The molecule has 1 unspecified atom stereocenters. The van der Waals surface area contributed by atoms with Crippen molar-refractivity contribution in [2.45, 2.75) is 5.92 Å². The summed E-state index contributed by atoms with van der Waals surface area (Å²) < 4.78 is 6.84. The lowest BCUT2D eigenvalue weighted by molar-refractivity contribution is 0.343. The second kappa shape index (κ2) is 5.28. The third-order valence-electron chi connectivity index (χ3n) is 3.66. The Hall–Kier alpha value is -1.65. The second-order valence-electron chi connectivity index (χ2n) is 4.98. The fraction of sp³-hybridized carbons (Fsp3) is 0.118. The van der Waals surface area contributed by atoms with Crippen LogP contribution in [0.1, 0.15) is 16.5 Å². The monoisotopic (exact) mass is 357 g/mol. The first-order chi connectivity index (χ1) is 10.3. The van der Waals surface area contributed by atoms with E-state index in [9.17, 15) is 0 Å². The minimum atomic E-state index is 0.260. The van der Waals surface area contributed by atoms with Crippen molar-refractivity contribution in [3.63, 3.8) is 0 Å². The number of hydrogen-bond acceptors (Lipinski definition) is 3. The molecule has 2 aromatic carbocycles. The first kappa shape index (κ1) is 13.0. The summed E-state index contributed by atoms with van der Waals surface area (Å²) in [6.45, 7) is 0.687. The normalized spacial score (nSPS) is 16.5. The van der Waals surface area contributed by atoms with Crippen LogP contribution in [0, 0.1) is 0 Å². The number of hydrogen-bond donors (Lipinski definition) is 0. The lowest BCUT2D eigenvalue weighted by Crippen LogP contribution is -2.01. The molecule has 1 aliphatic heterocycles. The van der Waals surface area contributed by atoms with Crippen LogP contribution in [0.4, 0.5) is 0 Å². The van der Waals surface area contributed by atoms with E-state index in [2.05, 4.69) is 45.6 Å². The Morgan fingerprint density at radius 1 is 1.10 bits per heavy atom. The van der Waals surface area contributed by atoms with Gasteiger partial charge in [-0.3, -0.25) is 0 Å². The number of halogens is 1. The molecule has 0 saturated carbocycles. The highest BCUT2D eigenvalue weighted by Crippen LogP contribution is 2.39. The van der Waals surface area contributed by atoms with Crippen LogP contribution in [0.3, 0.4) is 0 Å². The lowest BCUT2D eigenvalue weighted by atomic mass is 10.0. The molecule has 2 nitrogen and oxygen atoms in total. The maximum atomic E-state index is 5.76. The third-order valence-corrected chi connectivity index (χ3v) is 5.15. The Labute approximate surface area is 135 Å². The highest BCUT2D eigenvalue weighted by molar-refractivity contribution is 9.10. The molecule has 0 spiro atoms. The smallest absolute Gasteiger partial charge is 0.123 e. The molecule has 1 aliphatic rings. The summed E-state index contributed by atoms with van der Waals surface area (Å²) in [7, 11) is 0. The van der Waals surface area contributed by atoms with Crippen molar-refractivity contribution >= 4 is 27.3 Å². The van der Waals surface area contributed by atoms with Crippen molar-refractivity contribution in [2.24, 2.45) is 0 Å². The third kappa shape index (κ3) is 2.39. The fourth-order valence-electron chi connectivity index (χ4n) is 2.57. The second-order valence-corrected chi connectivity index (χ2v) is 6.78. The van der Waals surface area contributed by atoms with Crippen LogP contribution in [-0.4, -0.2) is 11.6 Å². The predicted octanol–water partition coefficient (Wildman–Crippen LogP) is 5.10. The van der Waals surface area contributed by atoms with Crippen LogP contribution in [0.25, 0.3) is 11.3 Å². The van der Waals surface area contributed by atoms with E-state index in [0.29, 0.717) is 6.61 Å². The van der Waals surface area contributed by atoms with E-state index in [1.54, 1.807) is 11.3 Å². The molecule has 0 radical (unpaired) electrons. The minimum Gasteiger partial charge on any atom is -0.492 e. The van der Waals surface area contributed by atoms with Gasteiger partial charge in [-0.15, -0.1) is 11.3 Å². The van der Waals surface area contributed by atoms with Crippen molar-refractivity contribution in [1.82, 2.24) is 4.98 Å². The zero-order valence-corrected chi connectivity index (χ0v) is 13.5. The van der Waals surface area contributed by atoms with Gasteiger partial charge in [0.15, 0.2) is 0 Å². The number of nitrogens with zero attached hydrogens (tertiary/aromatic N) is 1. The van der Waals surface area contributed by atoms with E-state index in [0.717, 1.165) is 26.5 Å². The summed E-state index contributed by atoms with van der Waals surface area (Å²) in [5, 5.41) is 3.25. The molecule has 104 valence electrons. The first-order valence-corrected chi connectivity index (χ1v) is 8.41. The van der Waals surface area contributed by atoms with Crippen molar-refractivity contribution in [2.75, 3.05) is 6.61 Å². The van der Waals surface area contributed by atoms with E-state index in [4.69, 9.17) is 9.72 Å². The Bertz CT molecular complexity index is 781. The van der Waals surface area contributed by atoms with Crippen LogP contribution < -0.4 is 4.74 Å². The van der Waals surface area contributed by atoms with Gasteiger partial charge in [-0.25, -0.2) is 4.98 Å². The van der Waals surface area contributed by atoms with Gasteiger partial charge in [-0.2, -0.15) is 0 Å². The molecule has 4 rings (SSSR count). The molecule has 21 heavy (non-hydrogen) atoms. The number of rotatable bonds is 2. The molecule has 3 aromatic rings. The summed E-state index contributed by atoms with van der Waals surface area (Å²) in [6.07, 6.45) is 0. The van der Waals surface area contributed by atoms with Gasteiger partial charge in [0.05, 0.1) is 11.6 Å². The number of fused-ring (bicyclic) bond motifs is 1. The molecule has 0 bridgehead atoms. The standard InChI is InChI=1S/C17H12BrNOS/c18-12-7-5-11(6-8-12)15-10-21-17(19-15)14-9-20-16-4-2-1-3-13(14)16/h1-8,10,14H,9H2. The number of benzene rings is 2. The summed E-state index contributed by atoms with van der Waals surface area (Å²) >= 11 is 5.17. The van der Waals surface area contributed by atoms with E-state index in [-0.39, 0.29) is 5.92 Å². The predicted molar refractivity (Wildman–Crippen MR) is 89.0 cm³/mol. The van der Waals surface area contributed by atoms with E-state index < -0.39 is 0 Å². The van der Waals surface area contributed by atoms with Gasteiger partial charge in [-0.1, -0.05) is 46.3 Å². The molecular formula is C17H12BrNOS. The quantitative estimate of drug-likeness (QED) is 0.636. The van der Waals surface area contributed by atoms with Crippen LogP contribution in [0.15, 0.2) is 58.4 Å². The maximum Gasteiger partial charge on any atom is 0.123 e. The Morgan fingerprint density at radius 3 is 2.76 bits per heavy atom. The number of thiazole rings is 1. The van der Waals surface area contributed by atoms with Gasteiger partial charge < -0.3 is 4.74 Å². The SMILES string of the molecule is Brc1ccc(-c2csc(C3COc4ccccc43)n2)cc1. The van der Waals surface area contributed by atoms with Gasteiger partial charge in [0.25, 0.3) is 0 Å². The Kier molecular flexibility index (Phi) is 3.28. The molecule has 1 aromatic heterocycles. The average molecular weight is 358 g/mol. The topological polar surface area (TPSA) is 22.1 Å². The van der Waals surface area contributed by atoms with Crippen molar-refractivity contribution < 1.29 is 4.74 Å². The highest BCUT2D eigenvalue weighted by atomic mass is 79.9. The van der Waals surface area contributed by atoms with Gasteiger partial charge in [0, 0.05) is 21.0 Å². The minimum absolute atomic E-state index is 0.260. The van der Waals surface area contributed by atoms with Gasteiger partial charge in [-0.05, 0) is 18.2 Å². The largest absolute Gasteiger partial charge is 0.492 e. The molecule has 0 saturated heterocycles. The van der Waals surface area contributed by atoms with Crippen LogP contribution >= 0.6 is 27.3 Å². The zero-order chi connectivity index (χ0) is 14.2. The van der Waals surface area contributed by atoms with E-state index in [1.807, 2.05) is 24.3 Å². The van der Waals surface area contributed by atoms with Crippen molar-refractivity contribution in [1.29, 1.82) is 0 Å². The van der Waals surface area contributed by atoms with E-state index >= 15 is 0 Å². The summed E-state index contributed by atoms with van der Waals surface area (Å²) in [5.74, 6) is 1.25. The molecule has 0 aliphatic carbocycles. The number of ether oxygens (including phenoxy) is 1. The maximum absolute atomic E-state index is 5.76. The zero-order valence-electron chi connectivity index (χ0n) is 11.1. The average Bonchev–Trinajstić information content (AvgIpc) is 3.14. The van der Waals surface area contributed by atoms with Crippen molar-refractivity contribution in [3.05, 3.63) is 69.0 Å². The summed E-state index contributed by atoms with van der Waals surface area (Å²) in [4.78, 5) is 4.81. The van der Waals surface area contributed by atoms with Gasteiger partial charge in [0.1, 0.15) is 17.4 Å². The molecule has 1 atom stereocenters. The van der Waals surface area contributed by atoms with Gasteiger partial charge >= 0.3 is 0 Å². The van der Waals surface area contributed by atoms with Gasteiger partial charge in [0.2, 0.25) is 0 Å². The van der Waals surface area contributed by atoms with Crippen LogP contribution in [-0.2, 0) is 0 Å². The Morgan fingerprint density at radius 2 is 1.90 bits per heavy atom. The number of para-hydroxylation sites is 1. The molecule has 0 amide bonds.